The maximum absolute atomic E-state index is 6.50. The van der Waals surface area contributed by atoms with Crippen molar-refractivity contribution in [3.05, 3.63) is 41.5 Å². The molecule has 3 aliphatic carbocycles. The van der Waals surface area contributed by atoms with Crippen LogP contribution in [-0.4, -0.2) is 46.1 Å². The Kier molecular flexibility index (Phi) is 5.12. The Morgan fingerprint density at radius 2 is 1.97 bits per heavy atom. The molecule has 29 heavy (non-hydrogen) atoms. The fourth-order valence-corrected chi connectivity index (χ4v) is 5.38. The molecule has 2 aromatic rings. The van der Waals surface area contributed by atoms with Gasteiger partial charge in [-0.1, -0.05) is 5.57 Å². The van der Waals surface area contributed by atoms with Gasteiger partial charge in [0.1, 0.15) is 18.7 Å². The number of ether oxygens (including phenoxy) is 1. The van der Waals surface area contributed by atoms with E-state index in [0.29, 0.717) is 12.0 Å². The van der Waals surface area contributed by atoms with Crippen LogP contribution in [0.1, 0.15) is 62.1 Å². The van der Waals surface area contributed by atoms with Gasteiger partial charge >= 0.3 is 0 Å². The van der Waals surface area contributed by atoms with Crippen LogP contribution < -0.4 is 4.74 Å². The maximum Gasteiger partial charge on any atom is 0.224 e. The maximum atomic E-state index is 6.50. The van der Waals surface area contributed by atoms with Crippen LogP contribution in [0, 0.1) is 5.92 Å². The Bertz CT molecular complexity index is 882. The monoisotopic (exact) mass is 394 g/mol. The van der Waals surface area contributed by atoms with Crippen molar-refractivity contribution in [1.82, 2.24) is 19.9 Å². The molecule has 3 aliphatic rings. The van der Waals surface area contributed by atoms with Gasteiger partial charge in [-0.2, -0.15) is 0 Å². The van der Waals surface area contributed by atoms with Gasteiger partial charge in [-0.3, -0.25) is 0 Å². The van der Waals surface area contributed by atoms with Crippen LogP contribution in [0.5, 0.6) is 5.88 Å². The highest BCUT2D eigenvalue weighted by Crippen LogP contribution is 2.50. The van der Waals surface area contributed by atoms with E-state index in [9.17, 15) is 0 Å². The van der Waals surface area contributed by atoms with Crippen molar-refractivity contribution in [2.24, 2.45) is 5.92 Å². The number of aromatic nitrogens is 3. The van der Waals surface area contributed by atoms with Crippen molar-refractivity contribution < 1.29 is 9.15 Å². The molecule has 2 heterocycles. The third-order valence-electron chi connectivity index (χ3n) is 6.97. The second kappa shape index (κ2) is 7.90. The summed E-state index contributed by atoms with van der Waals surface area (Å²) in [5.41, 5.74) is 5.36. The summed E-state index contributed by atoms with van der Waals surface area (Å²) in [6.07, 6.45) is 15.2. The van der Waals surface area contributed by atoms with Gasteiger partial charge in [0, 0.05) is 18.9 Å². The van der Waals surface area contributed by atoms with E-state index in [2.05, 4.69) is 33.9 Å². The van der Waals surface area contributed by atoms with Crippen molar-refractivity contribution in [2.75, 3.05) is 14.1 Å². The van der Waals surface area contributed by atoms with Crippen LogP contribution in [0.25, 0.3) is 5.57 Å². The lowest BCUT2D eigenvalue weighted by Crippen LogP contribution is -2.35. The van der Waals surface area contributed by atoms with Gasteiger partial charge in [0.15, 0.2) is 5.89 Å². The highest BCUT2D eigenvalue weighted by Gasteiger charge is 2.37. The molecule has 0 aliphatic heterocycles. The highest BCUT2D eigenvalue weighted by molar-refractivity contribution is 5.81. The van der Waals surface area contributed by atoms with E-state index in [1.807, 2.05) is 0 Å². The first-order chi connectivity index (χ1) is 14.2. The first kappa shape index (κ1) is 18.8. The molecule has 0 amide bonds. The number of hydrogen-bond donors (Lipinski definition) is 0. The summed E-state index contributed by atoms with van der Waals surface area (Å²) in [5.74, 6) is 2.17. The number of fused-ring (bicyclic) bond motifs is 2. The second-order valence-corrected chi connectivity index (χ2v) is 8.91. The minimum absolute atomic E-state index is 0.266. The standard InChI is InChI=1S/C23H30N4O2/c1-27(2)17-6-8-18(9-7-17)29-23-22-19(25-14-26-23)13-16-4-3-15(21(16)22)5-10-20-24-11-12-28-20/h11-12,14-15,17-18H,3-10,13H2,1-2H3/t15-,17?,18?/m1/s1. The van der Waals surface area contributed by atoms with E-state index in [4.69, 9.17) is 9.15 Å². The predicted octanol–water partition coefficient (Wildman–Crippen LogP) is 4.07. The fourth-order valence-electron chi connectivity index (χ4n) is 5.38. The summed E-state index contributed by atoms with van der Waals surface area (Å²) in [6, 6.07) is 0.676. The van der Waals surface area contributed by atoms with Gasteiger partial charge < -0.3 is 14.1 Å². The Labute approximate surface area is 172 Å². The van der Waals surface area contributed by atoms with E-state index in [0.717, 1.165) is 56.0 Å². The Hall–Kier alpha value is -2.21. The summed E-state index contributed by atoms with van der Waals surface area (Å²) in [5, 5.41) is 0. The SMILES string of the molecule is CN(C)C1CCC(Oc2ncnc3c2C2=C(CC[C@@H]2CCc2ncco2)C3)CC1. The molecular weight excluding hydrogens is 364 g/mol. The Morgan fingerprint density at radius 3 is 2.72 bits per heavy atom. The average molecular weight is 395 g/mol. The number of allylic oxidation sites excluding steroid dienone is 2. The van der Waals surface area contributed by atoms with E-state index < -0.39 is 0 Å². The molecule has 0 saturated heterocycles. The quantitative estimate of drug-likeness (QED) is 0.736. The van der Waals surface area contributed by atoms with Crippen LogP contribution in [0.2, 0.25) is 0 Å². The van der Waals surface area contributed by atoms with Crippen molar-refractivity contribution in [3.63, 3.8) is 0 Å². The number of rotatable bonds is 6. The smallest absolute Gasteiger partial charge is 0.224 e. The number of nitrogens with zero attached hydrogens (tertiary/aromatic N) is 4. The molecule has 0 aromatic carbocycles. The molecule has 1 atom stereocenters. The van der Waals surface area contributed by atoms with Gasteiger partial charge in [0.2, 0.25) is 5.88 Å². The molecule has 0 bridgehead atoms. The average Bonchev–Trinajstić information content (AvgIpc) is 3.44. The van der Waals surface area contributed by atoms with Crippen LogP contribution in [-0.2, 0) is 12.8 Å². The molecule has 0 spiro atoms. The molecule has 0 radical (unpaired) electrons. The first-order valence-electron chi connectivity index (χ1n) is 11.0. The second-order valence-electron chi connectivity index (χ2n) is 8.91. The van der Waals surface area contributed by atoms with Crippen LogP contribution >= 0.6 is 0 Å². The highest BCUT2D eigenvalue weighted by atomic mass is 16.5. The number of aryl methyl sites for hydroxylation is 1. The molecule has 5 rings (SSSR count). The molecule has 1 saturated carbocycles. The molecule has 154 valence electrons. The lowest BCUT2D eigenvalue weighted by Gasteiger charge is -2.32. The zero-order valence-electron chi connectivity index (χ0n) is 17.4. The first-order valence-corrected chi connectivity index (χ1v) is 11.0. The molecule has 2 aromatic heterocycles. The summed E-state index contributed by atoms with van der Waals surface area (Å²) in [7, 11) is 4.35. The third-order valence-corrected chi connectivity index (χ3v) is 6.97. The van der Waals surface area contributed by atoms with E-state index in [-0.39, 0.29) is 6.10 Å². The normalized spacial score (nSPS) is 26.1. The van der Waals surface area contributed by atoms with E-state index in [1.54, 1.807) is 24.4 Å². The lowest BCUT2D eigenvalue weighted by atomic mass is 9.91. The zero-order chi connectivity index (χ0) is 19.8. The topological polar surface area (TPSA) is 64.3 Å². The molecule has 6 nitrogen and oxygen atoms in total. The van der Waals surface area contributed by atoms with Crippen LogP contribution in [0.4, 0.5) is 0 Å². The summed E-state index contributed by atoms with van der Waals surface area (Å²) >= 11 is 0. The predicted molar refractivity (Wildman–Crippen MR) is 111 cm³/mol. The van der Waals surface area contributed by atoms with Crippen LogP contribution in [0.3, 0.4) is 0 Å². The van der Waals surface area contributed by atoms with Crippen molar-refractivity contribution in [1.29, 1.82) is 0 Å². The Morgan fingerprint density at radius 1 is 1.10 bits per heavy atom. The Balaban J connectivity index is 1.32. The van der Waals surface area contributed by atoms with E-state index in [1.165, 1.54) is 30.4 Å². The van der Waals surface area contributed by atoms with Gasteiger partial charge in [-0.05, 0) is 70.5 Å². The minimum atomic E-state index is 0.266. The minimum Gasteiger partial charge on any atom is -0.474 e. The lowest BCUT2D eigenvalue weighted by molar-refractivity contribution is 0.107. The molecule has 0 N–H and O–H groups in total. The third kappa shape index (κ3) is 3.70. The van der Waals surface area contributed by atoms with Gasteiger partial charge in [-0.25, -0.2) is 15.0 Å². The van der Waals surface area contributed by atoms with Gasteiger partial charge in [0.25, 0.3) is 0 Å². The summed E-state index contributed by atoms with van der Waals surface area (Å²) in [4.78, 5) is 15.8. The summed E-state index contributed by atoms with van der Waals surface area (Å²) < 4.78 is 11.9. The van der Waals surface area contributed by atoms with Crippen molar-refractivity contribution in [3.8, 4) is 5.88 Å². The number of hydrogen-bond acceptors (Lipinski definition) is 6. The summed E-state index contributed by atoms with van der Waals surface area (Å²) in [6.45, 7) is 0. The molecule has 1 fully saturated rings. The molecule has 0 unspecified atom stereocenters. The van der Waals surface area contributed by atoms with Crippen molar-refractivity contribution in [2.45, 2.75) is 69.9 Å². The van der Waals surface area contributed by atoms with Gasteiger partial charge in [-0.15, -0.1) is 0 Å². The fraction of sp³-hybridized carbons (Fsp3) is 0.609. The van der Waals surface area contributed by atoms with E-state index >= 15 is 0 Å². The van der Waals surface area contributed by atoms with Crippen molar-refractivity contribution >= 4 is 5.57 Å². The zero-order valence-corrected chi connectivity index (χ0v) is 17.4. The number of oxazole rings is 1. The largest absolute Gasteiger partial charge is 0.474 e. The van der Waals surface area contributed by atoms with Gasteiger partial charge in [0.05, 0.1) is 17.5 Å². The van der Waals surface area contributed by atoms with Crippen LogP contribution in [0.15, 0.2) is 28.8 Å². The molecule has 6 heteroatoms. The molecular formula is C23H30N4O2.